The average molecular weight is 331 g/mol. The van der Waals surface area contributed by atoms with Crippen molar-refractivity contribution in [2.75, 3.05) is 13.1 Å². The summed E-state index contributed by atoms with van der Waals surface area (Å²) in [5, 5.41) is 30.4. The quantitative estimate of drug-likeness (QED) is 0.244. The van der Waals surface area contributed by atoms with E-state index < -0.39 is 22.0 Å². The normalized spacial score (nSPS) is 20.7. The summed E-state index contributed by atoms with van der Waals surface area (Å²) in [5.74, 6) is -1.31. The zero-order chi connectivity index (χ0) is 17.6. The van der Waals surface area contributed by atoms with Gasteiger partial charge in [0.1, 0.15) is 6.10 Å². The summed E-state index contributed by atoms with van der Waals surface area (Å²) in [7, 11) is 0. The van der Waals surface area contributed by atoms with Gasteiger partial charge in [0.15, 0.2) is 0 Å². The van der Waals surface area contributed by atoms with Crippen molar-refractivity contribution >= 4 is 0 Å². The molecule has 1 N–H and O–H groups in total. The minimum atomic E-state index is -1.61. The largest absolute Gasteiger partial charge is 0.454 e. The molecule has 0 spiro atoms. The summed E-state index contributed by atoms with van der Waals surface area (Å²) in [6.45, 7) is 5.09. The third kappa shape index (κ3) is 6.20. The van der Waals surface area contributed by atoms with E-state index in [0.717, 1.165) is 0 Å². The van der Waals surface area contributed by atoms with Crippen LogP contribution < -0.4 is 0 Å². The molecule has 0 aromatic carbocycles. The molecule has 0 radical (unpaired) electrons. The highest BCUT2D eigenvalue weighted by Gasteiger charge is 2.35. The standard InChI is InChI=1S/C13H21N3O7/c1-10(15(18)19)4-5-11(2)22-13(3,17)14-8-6-12(7-9-14)23-16(20)21/h4-5,12,17H,6-9H2,1-3H3/b10-4+,11-5+. The van der Waals surface area contributed by atoms with E-state index in [-0.39, 0.29) is 5.70 Å². The molecule has 1 fully saturated rings. The lowest BCUT2D eigenvalue weighted by Crippen LogP contribution is -2.52. The molecule has 1 rings (SSSR count). The maximum Gasteiger partial charge on any atom is 0.294 e. The van der Waals surface area contributed by atoms with Gasteiger partial charge in [-0.05, 0) is 25.8 Å². The SMILES string of the molecule is C/C(=C\C=C(/C)[N+](=O)[O-])OC(C)(O)N1CCC(O[N+](=O)[O-])CC1. The Morgan fingerprint density at radius 2 is 1.83 bits per heavy atom. The lowest BCUT2D eigenvalue weighted by atomic mass is 10.1. The minimum absolute atomic E-state index is 0.0506. The number of aliphatic hydroxyl groups is 1. The first kappa shape index (κ1) is 18.8. The van der Waals surface area contributed by atoms with Crippen molar-refractivity contribution in [2.24, 2.45) is 0 Å². The second kappa shape index (κ2) is 7.88. The molecule has 1 unspecified atom stereocenters. The summed E-state index contributed by atoms with van der Waals surface area (Å²) in [6, 6.07) is 0. The lowest BCUT2D eigenvalue weighted by Gasteiger charge is -2.40. The Hall–Kier alpha value is -2.20. The molecule has 1 aliphatic rings. The molecule has 0 aromatic rings. The van der Waals surface area contributed by atoms with E-state index in [1.54, 1.807) is 11.8 Å². The Morgan fingerprint density at radius 1 is 1.26 bits per heavy atom. The molecule has 1 heterocycles. The van der Waals surface area contributed by atoms with Gasteiger partial charge < -0.3 is 14.7 Å². The second-order valence-corrected chi connectivity index (χ2v) is 5.39. The molecule has 10 nitrogen and oxygen atoms in total. The molecule has 1 atom stereocenters. The molecular formula is C13H21N3O7. The molecule has 1 saturated heterocycles. The minimum Gasteiger partial charge on any atom is -0.454 e. The van der Waals surface area contributed by atoms with Gasteiger partial charge >= 0.3 is 0 Å². The van der Waals surface area contributed by atoms with E-state index >= 15 is 0 Å². The molecule has 23 heavy (non-hydrogen) atoms. The summed E-state index contributed by atoms with van der Waals surface area (Å²) < 4.78 is 5.42. The van der Waals surface area contributed by atoms with Crippen LogP contribution in [-0.2, 0) is 9.57 Å². The van der Waals surface area contributed by atoms with Crippen molar-refractivity contribution < 1.29 is 24.7 Å². The van der Waals surface area contributed by atoms with Crippen LogP contribution >= 0.6 is 0 Å². The van der Waals surface area contributed by atoms with Gasteiger partial charge in [-0.1, -0.05) is 0 Å². The lowest BCUT2D eigenvalue weighted by molar-refractivity contribution is -0.769. The number of piperidine rings is 1. The number of hydrogen-bond donors (Lipinski definition) is 1. The fourth-order valence-electron chi connectivity index (χ4n) is 2.20. The summed E-state index contributed by atoms with van der Waals surface area (Å²) in [5.41, 5.74) is -0.0506. The number of nitro groups is 1. The fourth-order valence-corrected chi connectivity index (χ4v) is 2.20. The summed E-state index contributed by atoms with van der Waals surface area (Å²) in [4.78, 5) is 26.4. The zero-order valence-electron chi connectivity index (χ0n) is 13.3. The van der Waals surface area contributed by atoms with Crippen molar-refractivity contribution in [1.82, 2.24) is 4.90 Å². The second-order valence-electron chi connectivity index (χ2n) is 5.39. The average Bonchev–Trinajstić information content (AvgIpc) is 2.44. The van der Waals surface area contributed by atoms with E-state index in [2.05, 4.69) is 4.84 Å². The zero-order valence-corrected chi connectivity index (χ0v) is 13.3. The van der Waals surface area contributed by atoms with Crippen LogP contribution in [0.15, 0.2) is 23.6 Å². The Balaban J connectivity index is 2.59. The van der Waals surface area contributed by atoms with Gasteiger partial charge in [-0.3, -0.25) is 10.1 Å². The third-order valence-electron chi connectivity index (χ3n) is 3.47. The Labute approximate surface area is 133 Å². The van der Waals surface area contributed by atoms with Gasteiger partial charge in [0.2, 0.25) is 5.70 Å². The molecule has 0 bridgehead atoms. The van der Waals surface area contributed by atoms with Gasteiger partial charge in [0.05, 0.1) is 10.7 Å². The van der Waals surface area contributed by atoms with Crippen LogP contribution in [0.3, 0.4) is 0 Å². The van der Waals surface area contributed by atoms with Crippen LogP contribution in [0.4, 0.5) is 0 Å². The van der Waals surface area contributed by atoms with Crippen LogP contribution in [0.5, 0.6) is 0 Å². The molecule has 10 heteroatoms. The highest BCUT2D eigenvalue weighted by molar-refractivity contribution is 5.08. The van der Waals surface area contributed by atoms with Crippen molar-refractivity contribution in [1.29, 1.82) is 0 Å². The van der Waals surface area contributed by atoms with Crippen molar-refractivity contribution in [3.05, 3.63) is 43.8 Å². The molecular weight excluding hydrogens is 310 g/mol. The van der Waals surface area contributed by atoms with Gasteiger partial charge in [0, 0.05) is 33.0 Å². The molecule has 1 aliphatic heterocycles. The van der Waals surface area contributed by atoms with Crippen molar-refractivity contribution in [2.45, 2.75) is 45.6 Å². The van der Waals surface area contributed by atoms with Crippen LogP contribution in [-0.4, -0.2) is 45.1 Å². The fraction of sp³-hybridized carbons (Fsp3) is 0.692. The first-order valence-electron chi connectivity index (χ1n) is 7.09. The number of allylic oxidation sites excluding steroid dienone is 4. The topological polar surface area (TPSA) is 128 Å². The predicted octanol–water partition coefficient (Wildman–Crippen LogP) is 1.43. The molecule has 0 aliphatic carbocycles. The van der Waals surface area contributed by atoms with Crippen LogP contribution in [0.25, 0.3) is 0 Å². The monoisotopic (exact) mass is 331 g/mol. The van der Waals surface area contributed by atoms with Gasteiger partial charge in [-0.15, -0.1) is 10.1 Å². The summed E-state index contributed by atoms with van der Waals surface area (Å²) >= 11 is 0. The highest BCUT2D eigenvalue weighted by Crippen LogP contribution is 2.23. The van der Waals surface area contributed by atoms with E-state index in [0.29, 0.717) is 31.7 Å². The third-order valence-corrected chi connectivity index (χ3v) is 3.47. The van der Waals surface area contributed by atoms with E-state index in [1.165, 1.54) is 26.0 Å². The molecule has 0 saturated carbocycles. The maximum atomic E-state index is 10.5. The van der Waals surface area contributed by atoms with Crippen LogP contribution in [0.1, 0.15) is 33.6 Å². The summed E-state index contributed by atoms with van der Waals surface area (Å²) in [6.07, 6.45) is 2.98. The number of rotatable bonds is 7. The Kier molecular flexibility index (Phi) is 6.46. The number of ether oxygens (including phenoxy) is 1. The number of hydrogen-bond acceptors (Lipinski definition) is 8. The first-order chi connectivity index (χ1) is 10.6. The molecule has 0 aromatic heterocycles. The van der Waals surface area contributed by atoms with E-state index in [1.807, 2.05) is 0 Å². The highest BCUT2D eigenvalue weighted by atomic mass is 17.0. The predicted molar refractivity (Wildman–Crippen MR) is 78.9 cm³/mol. The smallest absolute Gasteiger partial charge is 0.294 e. The van der Waals surface area contributed by atoms with E-state index in [9.17, 15) is 25.3 Å². The van der Waals surface area contributed by atoms with Gasteiger partial charge in [-0.25, -0.2) is 4.90 Å². The van der Waals surface area contributed by atoms with Gasteiger partial charge in [0.25, 0.3) is 11.0 Å². The Bertz CT molecular complexity index is 508. The van der Waals surface area contributed by atoms with Crippen molar-refractivity contribution in [3.8, 4) is 0 Å². The van der Waals surface area contributed by atoms with Crippen LogP contribution in [0, 0.1) is 20.2 Å². The van der Waals surface area contributed by atoms with Crippen molar-refractivity contribution in [3.63, 3.8) is 0 Å². The molecule has 130 valence electrons. The van der Waals surface area contributed by atoms with Gasteiger partial charge in [-0.2, -0.15) is 0 Å². The molecule has 0 amide bonds. The number of nitrogens with zero attached hydrogens (tertiary/aromatic N) is 3. The maximum absolute atomic E-state index is 10.5. The first-order valence-corrected chi connectivity index (χ1v) is 7.09. The van der Waals surface area contributed by atoms with E-state index in [4.69, 9.17) is 4.74 Å². The number of likely N-dealkylation sites (tertiary alicyclic amines) is 1. The van der Waals surface area contributed by atoms with Crippen LogP contribution in [0.2, 0.25) is 0 Å². The Morgan fingerprint density at radius 3 is 2.30 bits per heavy atom.